The van der Waals surface area contributed by atoms with Crippen molar-refractivity contribution in [2.24, 2.45) is 0 Å². The van der Waals surface area contributed by atoms with Crippen LogP contribution in [0.2, 0.25) is 0 Å². The second-order valence-corrected chi connectivity index (χ2v) is 8.56. The Morgan fingerprint density at radius 2 is 1.48 bits per heavy atom. The molecule has 0 saturated heterocycles. The van der Waals surface area contributed by atoms with Crippen LogP contribution in [-0.2, 0) is 13.0 Å². The van der Waals surface area contributed by atoms with Crippen molar-refractivity contribution in [3.8, 4) is 22.5 Å². The quantitative estimate of drug-likeness (QED) is 0.331. The van der Waals surface area contributed by atoms with Crippen molar-refractivity contribution in [2.75, 3.05) is 0 Å². The maximum Gasteiger partial charge on any atom is 0.271 e. The number of fused-ring (bicyclic) bond motifs is 1. The zero-order valence-electron chi connectivity index (χ0n) is 17.3. The van der Waals surface area contributed by atoms with Crippen LogP contribution < -0.4 is 5.56 Å². The van der Waals surface area contributed by atoms with Crippen molar-refractivity contribution in [2.45, 2.75) is 19.9 Å². The molecule has 0 fully saturated rings. The molecule has 0 N–H and O–H groups in total. The standard InChI is InChI=1S/C27H22N2OS/c1-19-7-5-6-8-20(19)15-17-29-26(28-24-16-18-31-25(24)27(29)30)23-13-11-22(12-14-23)21-9-3-2-4-10-21/h2-14,16,18H,15,17H2,1H3. The van der Waals surface area contributed by atoms with Crippen LogP contribution in [0.25, 0.3) is 32.7 Å². The van der Waals surface area contributed by atoms with Crippen molar-refractivity contribution in [3.63, 3.8) is 0 Å². The SMILES string of the molecule is Cc1ccccc1CCn1c(-c2ccc(-c3ccccc3)cc2)nc2ccsc2c1=O. The van der Waals surface area contributed by atoms with Gasteiger partial charge in [0, 0.05) is 12.1 Å². The molecule has 0 bridgehead atoms. The van der Waals surface area contributed by atoms with Crippen LogP contribution in [-0.4, -0.2) is 9.55 Å². The molecule has 5 rings (SSSR count). The maximum atomic E-state index is 13.3. The normalized spacial score (nSPS) is 11.1. The lowest BCUT2D eigenvalue weighted by molar-refractivity contribution is 0.670. The highest BCUT2D eigenvalue weighted by molar-refractivity contribution is 7.17. The number of rotatable bonds is 5. The Morgan fingerprint density at radius 1 is 0.806 bits per heavy atom. The molecule has 0 saturated carbocycles. The molecule has 3 aromatic carbocycles. The first-order valence-electron chi connectivity index (χ1n) is 10.4. The summed E-state index contributed by atoms with van der Waals surface area (Å²) in [7, 11) is 0. The van der Waals surface area contributed by atoms with Crippen LogP contribution in [0.1, 0.15) is 11.1 Å². The number of thiophene rings is 1. The lowest BCUT2D eigenvalue weighted by Gasteiger charge is -2.14. The fourth-order valence-electron chi connectivity index (χ4n) is 3.94. The van der Waals surface area contributed by atoms with E-state index < -0.39 is 0 Å². The van der Waals surface area contributed by atoms with Crippen molar-refractivity contribution in [1.82, 2.24) is 9.55 Å². The molecule has 4 heteroatoms. The summed E-state index contributed by atoms with van der Waals surface area (Å²) in [5, 5.41) is 1.94. The second-order valence-electron chi connectivity index (χ2n) is 7.65. The minimum atomic E-state index is 0.0377. The van der Waals surface area contributed by atoms with Gasteiger partial charge in [0.15, 0.2) is 0 Å². The summed E-state index contributed by atoms with van der Waals surface area (Å²) in [5.41, 5.74) is 6.58. The smallest absolute Gasteiger partial charge is 0.271 e. The van der Waals surface area contributed by atoms with Gasteiger partial charge in [0.05, 0.1) is 5.52 Å². The summed E-state index contributed by atoms with van der Waals surface area (Å²) in [5.74, 6) is 0.726. The number of benzene rings is 3. The van der Waals surface area contributed by atoms with Gasteiger partial charge >= 0.3 is 0 Å². The molecule has 31 heavy (non-hydrogen) atoms. The van der Waals surface area contributed by atoms with Crippen molar-refractivity contribution in [3.05, 3.63) is 112 Å². The summed E-state index contributed by atoms with van der Waals surface area (Å²) in [6.07, 6.45) is 0.792. The molecular formula is C27H22N2OS. The predicted octanol–water partition coefficient (Wildman–Crippen LogP) is 6.34. The van der Waals surface area contributed by atoms with Crippen molar-refractivity contribution >= 4 is 21.6 Å². The number of nitrogens with zero attached hydrogens (tertiary/aromatic N) is 2. The highest BCUT2D eigenvalue weighted by Gasteiger charge is 2.14. The van der Waals surface area contributed by atoms with Crippen LogP contribution in [0.4, 0.5) is 0 Å². The highest BCUT2D eigenvalue weighted by atomic mass is 32.1. The van der Waals surface area contributed by atoms with Gasteiger partial charge in [0.2, 0.25) is 0 Å². The molecule has 2 heterocycles. The van der Waals surface area contributed by atoms with Crippen LogP contribution in [0.5, 0.6) is 0 Å². The molecule has 0 radical (unpaired) electrons. The zero-order valence-corrected chi connectivity index (χ0v) is 18.1. The molecule has 5 aromatic rings. The van der Waals surface area contributed by atoms with Gasteiger partial charge < -0.3 is 0 Å². The third-order valence-corrected chi connectivity index (χ3v) is 6.57. The van der Waals surface area contributed by atoms with Gasteiger partial charge in [-0.1, -0.05) is 78.9 Å². The second kappa shape index (κ2) is 8.32. The van der Waals surface area contributed by atoms with Gasteiger partial charge in [-0.15, -0.1) is 11.3 Å². The van der Waals surface area contributed by atoms with Gasteiger partial charge in [-0.3, -0.25) is 9.36 Å². The average Bonchev–Trinajstić information content (AvgIpc) is 3.29. The third kappa shape index (κ3) is 3.82. The summed E-state index contributed by atoms with van der Waals surface area (Å²) in [6, 6.07) is 28.9. The van der Waals surface area contributed by atoms with E-state index in [0.717, 1.165) is 33.6 Å². The Kier molecular flexibility index (Phi) is 5.23. The molecule has 0 unspecified atom stereocenters. The molecular weight excluding hydrogens is 400 g/mol. The van der Waals surface area contributed by atoms with Gasteiger partial charge in [0.25, 0.3) is 5.56 Å². The fraction of sp³-hybridized carbons (Fsp3) is 0.111. The Hall–Kier alpha value is -3.50. The molecule has 0 aliphatic carbocycles. The van der Waals surface area contributed by atoms with Crippen LogP contribution >= 0.6 is 11.3 Å². The predicted molar refractivity (Wildman–Crippen MR) is 130 cm³/mol. The number of hydrogen-bond acceptors (Lipinski definition) is 3. The maximum absolute atomic E-state index is 13.3. The van der Waals surface area contributed by atoms with E-state index in [9.17, 15) is 4.79 Å². The fourth-order valence-corrected chi connectivity index (χ4v) is 4.72. The summed E-state index contributed by atoms with van der Waals surface area (Å²) in [6.45, 7) is 2.71. The summed E-state index contributed by atoms with van der Waals surface area (Å²) >= 11 is 1.46. The number of hydrogen-bond donors (Lipinski definition) is 0. The third-order valence-electron chi connectivity index (χ3n) is 5.68. The van der Waals surface area contributed by atoms with Crippen molar-refractivity contribution in [1.29, 1.82) is 0 Å². The molecule has 0 atom stereocenters. The molecule has 0 aliphatic heterocycles. The largest absolute Gasteiger partial charge is 0.291 e. The van der Waals surface area contributed by atoms with E-state index in [0.29, 0.717) is 6.54 Å². The van der Waals surface area contributed by atoms with Crippen LogP contribution in [0.15, 0.2) is 95.1 Å². The Labute approximate surface area is 185 Å². The van der Waals surface area contributed by atoms with E-state index in [1.165, 1.54) is 28.0 Å². The molecule has 152 valence electrons. The summed E-state index contributed by atoms with van der Waals surface area (Å²) in [4.78, 5) is 18.2. The van der Waals surface area contributed by atoms with E-state index in [1.54, 1.807) is 0 Å². The van der Waals surface area contributed by atoms with E-state index in [2.05, 4.69) is 61.5 Å². The van der Waals surface area contributed by atoms with Crippen LogP contribution in [0.3, 0.4) is 0 Å². The van der Waals surface area contributed by atoms with Gasteiger partial charge in [-0.25, -0.2) is 4.98 Å². The highest BCUT2D eigenvalue weighted by Crippen LogP contribution is 2.26. The van der Waals surface area contributed by atoms with Crippen LogP contribution in [0, 0.1) is 6.92 Å². The Morgan fingerprint density at radius 3 is 2.26 bits per heavy atom. The van der Waals surface area contributed by atoms with E-state index in [1.807, 2.05) is 40.3 Å². The minimum absolute atomic E-state index is 0.0377. The average molecular weight is 423 g/mol. The number of aromatic nitrogens is 2. The Balaban J connectivity index is 1.56. The lowest BCUT2D eigenvalue weighted by atomic mass is 10.0. The zero-order chi connectivity index (χ0) is 21.2. The van der Waals surface area contributed by atoms with Gasteiger partial charge in [-0.2, -0.15) is 0 Å². The van der Waals surface area contributed by atoms with Gasteiger partial charge in [-0.05, 0) is 47.0 Å². The monoisotopic (exact) mass is 422 g/mol. The lowest BCUT2D eigenvalue weighted by Crippen LogP contribution is -2.24. The first kappa shape index (κ1) is 19.5. The first-order valence-corrected chi connectivity index (χ1v) is 11.3. The number of aryl methyl sites for hydroxylation is 2. The molecule has 2 aromatic heterocycles. The van der Waals surface area contributed by atoms with E-state index in [-0.39, 0.29) is 5.56 Å². The molecule has 3 nitrogen and oxygen atoms in total. The minimum Gasteiger partial charge on any atom is -0.291 e. The Bertz CT molecular complexity index is 1400. The summed E-state index contributed by atoms with van der Waals surface area (Å²) < 4.78 is 2.55. The topological polar surface area (TPSA) is 34.9 Å². The van der Waals surface area contributed by atoms with Gasteiger partial charge in [0.1, 0.15) is 10.5 Å². The molecule has 0 amide bonds. The van der Waals surface area contributed by atoms with E-state index in [4.69, 9.17) is 4.98 Å². The molecule has 0 aliphatic rings. The van der Waals surface area contributed by atoms with Crippen molar-refractivity contribution < 1.29 is 0 Å². The van der Waals surface area contributed by atoms with E-state index >= 15 is 0 Å². The molecule has 0 spiro atoms. The first-order chi connectivity index (χ1) is 15.2.